The van der Waals surface area contributed by atoms with Crippen LogP contribution in [0.25, 0.3) is 0 Å². The van der Waals surface area contributed by atoms with E-state index in [0.29, 0.717) is 11.6 Å². The van der Waals surface area contributed by atoms with Gasteiger partial charge in [-0.15, -0.1) is 0 Å². The zero-order valence-electron chi connectivity index (χ0n) is 16.0. The summed E-state index contributed by atoms with van der Waals surface area (Å²) in [6.45, 7) is 3.90. The van der Waals surface area contributed by atoms with E-state index in [-0.39, 0.29) is 5.41 Å². The van der Waals surface area contributed by atoms with Crippen LogP contribution in [-0.2, 0) is 5.75 Å². The van der Waals surface area contributed by atoms with Gasteiger partial charge in [-0.05, 0) is 32.1 Å². The lowest BCUT2D eigenvalue weighted by atomic mass is 9.64. The van der Waals surface area contributed by atoms with Crippen molar-refractivity contribution in [1.82, 2.24) is 10.5 Å². The number of nitrogens with one attached hydrogen (secondary N) is 1. The van der Waals surface area contributed by atoms with Crippen LogP contribution in [0.4, 0.5) is 0 Å². The standard InChI is InChI=1S/C20H23N5OS2/c1-12-10-27-19(23-12)16-17(22)24-18(28-11-14-8-13(2)26-25-14)15(9-21)20(16)6-4-3-5-7-20/h8,10,23H,3-7,11H2,1-2H3,(H2,22,24). The average Bonchev–Trinajstić information content (AvgIpc) is 3.29. The maximum atomic E-state index is 10.2. The number of aliphatic imine (C=N–C) groups is 1. The van der Waals surface area contributed by atoms with Gasteiger partial charge in [0.1, 0.15) is 16.6 Å². The van der Waals surface area contributed by atoms with E-state index in [9.17, 15) is 5.26 Å². The third-order valence-corrected chi connectivity index (χ3v) is 7.42. The number of nitriles is 1. The Morgan fingerprint density at radius 3 is 2.75 bits per heavy atom. The van der Waals surface area contributed by atoms with Crippen LogP contribution in [0.15, 0.2) is 47.9 Å². The van der Waals surface area contributed by atoms with Gasteiger partial charge in [0, 0.05) is 28.5 Å². The SMILES string of the molecule is CC1=CSC(=C2C(N)=NC(SCc3cc(C)on3)=C(C#N)C23CCCCC3)N1. The summed E-state index contributed by atoms with van der Waals surface area (Å²) in [5.41, 5.74) is 9.85. The Morgan fingerprint density at radius 2 is 2.14 bits per heavy atom. The first-order valence-corrected chi connectivity index (χ1v) is 11.3. The lowest BCUT2D eigenvalue weighted by molar-refractivity contribution is 0.301. The van der Waals surface area contributed by atoms with E-state index in [1.165, 1.54) is 18.2 Å². The Morgan fingerprint density at radius 1 is 1.36 bits per heavy atom. The molecule has 1 fully saturated rings. The molecular weight excluding hydrogens is 390 g/mol. The van der Waals surface area contributed by atoms with Crippen LogP contribution in [0, 0.1) is 23.7 Å². The number of aryl methyl sites for hydroxylation is 1. The molecule has 0 aromatic carbocycles. The fourth-order valence-corrected chi connectivity index (χ4v) is 6.14. The van der Waals surface area contributed by atoms with Crippen LogP contribution < -0.4 is 11.1 Å². The highest BCUT2D eigenvalue weighted by Crippen LogP contribution is 2.54. The molecule has 0 radical (unpaired) electrons. The van der Waals surface area contributed by atoms with Gasteiger partial charge in [-0.25, -0.2) is 4.99 Å². The number of amidine groups is 1. The van der Waals surface area contributed by atoms with Crippen molar-refractivity contribution >= 4 is 29.4 Å². The van der Waals surface area contributed by atoms with Crippen molar-refractivity contribution < 1.29 is 4.52 Å². The molecule has 6 nitrogen and oxygen atoms in total. The molecule has 146 valence electrons. The molecule has 0 atom stereocenters. The second-order valence-corrected chi connectivity index (χ2v) is 9.24. The average molecular weight is 414 g/mol. The van der Waals surface area contributed by atoms with Crippen LogP contribution in [0.1, 0.15) is 50.5 Å². The fourth-order valence-electron chi connectivity index (χ4n) is 4.18. The van der Waals surface area contributed by atoms with Crippen LogP contribution in [0.3, 0.4) is 0 Å². The first-order chi connectivity index (χ1) is 13.5. The molecule has 1 aromatic rings. The molecule has 1 aliphatic carbocycles. The van der Waals surface area contributed by atoms with Gasteiger partial charge in [-0.2, -0.15) is 5.26 Å². The number of hydrogen-bond acceptors (Lipinski definition) is 8. The minimum atomic E-state index is -0.352. The van der Waals surface area contributed by atoms with Crippen LogP contribution in [-0.4, -0.2) is 11.0 Å². The zero-order chi connectivity index (χ0) is 19.7. The van der Waals surface area contributed by atoms with Gasteiger partial charge in [0.15, 0.2) is 0 Å². The fraction of sp³-hybridized carbons (Fsp3) is 0.450. The minimum Gasteiger partial charge on any atom is -0.383 e. The molecular formula is C20H23N5OS2. The Labute approximate surface area is 173 Å². The van der Waals surface area contributed by atoms with E-state index in [4.69, 9.17) is 10.3 Å². The van der Waals surface area contributed by atoms with Gasteiger partial charge in [-0.1, -0.05) is 47.9 Å². The van der Waals surface area contributed by atoms with Crippen molar-refractivity contribution in [3.8, 4) is 6.07 Å². The number of rotatable bonds is 3. The molecule has 0 bridgehead atoms. The topological polar surface area (TPSA) is 100 Å². The highest BCUT2D eigenvalue weighted by atomic mass is 32.2. The Kier molecular flexibility index (Phi) is 5.30. The number of allylic oxidation sites excluding steroid dienone is 2. The Hall–Kier alpha value is -2.11. The van der Waals surface area contributed by atoms with Crippen molar-refractivity contribution in [2.45, 2.75) is 51.7 Å². The molecule has 0 amide bonds. The summed E-state index contributed by atoms with van der Waals surface area (Å²) >= 11 is 3.16. The molecule has 3 aliphatic rings. The van der Waals surface area contributed by atoms with Crippen LogP contribution >= 0.6 is 23.5 Å². The largest absolute Gasteiger partial charge is 0.383 e. The monoisotopic (exact) mass is 413 g/mol. The van der Waals surface area contributed by atoms with E-state index in [1.807, 2.05) is 19.9 Å². The smallest absolute Gasteiger partial charge is 0.133 e. The third kappa shape index (κ3) is 3.38. The molecule has 3 N–H and O–H groups in total. The molecule has 0 unspecified atom stereocenters. The van der Waals surface area contributed by atoms with Crippen molar-refractivity contribution in [3.63, 3.8) is 0 Å². The first-order valence-electron chi connectivity index (χ1n) is 9.43. The minimum absolute atomic E-state index is 0.352. The predicted octanol–water partition coefficient (Wildman–Crippen LogP) is 4.68. The Balaban J connectivity index is 1.75. The molecule has 3 heterocycles. The highest BCUT2D eigenvalue weighted by molar-refractivity contribution is 8.06. The number of nitrogens with two attached hydrogens (primary N) is 1. The zero-order valence-corrected chi connectivity index (χ0v) is 17.7. The van der Waals surface area contributed by atoms with Crippen molar-refractivity contribution in [2.24, 2.45) is 16.1 Å². The maximum absolute atomic E-state index is 10.2. The normalized spacial score (nSPS) is 24.0. The van der Waals surface area contributed by atoms with E-state index in [0.717, 1.165) is 64.0 Å². The quantitative estimate of drug-likeness (QED) is 0.742. The Bertz CT molecular complexity index is 957. The van der Waals surface area contributed by atoms with E-state index in [1.54, 1.807) is 11.8 Å². The van der Waals surface area contributed by atoms with Crippen LogP contribution in [0.5, 0.6) is 0 Å². The molecule has 1 spiro atoms. The molecule has 28 heavy (non-hydrogen) atoms. The van der Waals surface area contributed by atoms with Crippen molar-refractivity contribution in [2.75, 3.05) is 0 Å². The highest BCUT2D eigenvalue weighted by Gasteiger charge is 2.47. The van der Waals surface area contributed by atoms with Gasteiger partial charge in [-0.3, -0.25) is 0 Å². The van der Waals surface area contributed by atoms with Gasteiger partial charge in [0.05, 0.1) is 22.4 Å². The van der Waals surface area contributed by atoms with E-state index >= 15 is 0 Å². The second kappa shape index (κ2) is 7.72. The lowest BCUT2D eigenvalue weighted by Crippen LogP contribution is -2.40. The molecule has 1 aromatic heterocycles. The molecule has 4 rings (SSSR count). The maximum Gasteiger partial charge on any atom is 0.133 e. The van der Waals surface area contributed by atoms with Gasteiger partial charge < -0.3 is 15.6 Å². The third-order valence-electron chi connectivity index (χ3n) is 5.39. The lowest BCUT2D eigenvalue weighted by Gasteiger charge is -2.42. The van der Waals surface area contributed by atoms with Crippen molar-refractivity contribution in [3.05, 3.63) is 49.8 Å². The first kappa shape index (κ1) is 19.2. The molecule has 8 heteroatoms. The summed E-state index contributed by atoms with van der Waals surface area (Å²) < 4.78 is 5.15. The molecule has 1 saturated carbocycles. The summed E-state index contributed by atoms with van der Waals surface area (Å²) in [6, 6.07) is 4.41. The van der Waals surface area contributed by atoms with Gasteiger partial charge >= 0.3 is 0 Å². The van der Waals surface area contributed by atoms with Gasteiger partial charge in [0.2, 0.25) is 0 Å². The number of nitrogens with zero attached hydrogens (tertiary/aromatic N) is 3. The predicted molar refractivity (Wildman–Crippen MR) is 114 cm³/mol. The molecule has 0 saturated heterocycles. The number of thioether (sulfide) groups is 2. The van der Waals surface area contributed by atoms with Crippen LogP contribution in [0.2, 0.25) is 0 Å². The van der Waals surface area contributed by atoms with E-state index in [2.05, 4.69) is 26.9 Å². The van der Waals surface area contributed by atoms with E-state index < -0.39 is 0 Å². The summed E-state index contributed by atoms with van der Waals surface area (Å²) in [4.78, 5) is 4.68. The summed E-state index contributed by atoms with van der Waals surface area (Å²) in [7, 11) is 0. The second-order valence-electron chi connectivity index (χ2n) is 7.40. The summed E-state index contributed by atoms with van der Waals surface area (Å²) in [5, 5.41) is 21.5. The number of aromatic nitrogens is 1. The van der Waals surface area contributed by atoms with Gasteiger partial charge in [0.25, 0.3) is 0 Å². The van der Waals surface area contributed by atoms with Crippen molar-refractivity contribution in [1.29, 1.82) is 5.26 Å². The summed E-state index contributed by atoms with van der Waals surface area (Å²) in [6.07, 6.45) is 5.23. The molecule has 2 aliphatic heterocycles. The summed E-state index contributed by atoms with van der Waals surface area (Å²) in [5.74, 6) is 1.90. The number of hydrogen-bond donors (Lipinski definition) is 2.